The van der Waals surface area contributed by atoms with Gasteiger partial charge in [0.15, 0.2) is 0 Å². The molecule has 0 unspecified atom stereocenters. The van der Waals surface area contributed by atoms with Crippen molar-refractivity contribution in [3.63, 3.8) is 0 Å². The maximum absolute atomic E-state index is 4.96. The quantitative estimate of drug-likeness (QED) is 0.915. The second kappa shape index (κ2) is 5.36. The van der Waals surface area contributed by atoms with Crippen LogP contribution < -0.4 is 10.2 Å². The van der Waals surface area contributed by atoms with Crippen molar-refractivity contribution in [3.05, 3.63) is 23.4 Å². The minimum atomic E-state index is 0.0857. The molecule has 1 aliphatic rings. The van der Waals surface area contributed by atoms with Gasteiger partial charge in [-0.1, -0.05) is 20.8 Å². The zero-order valence-electron chi connectivity index (χ0n) is 13.9. The van der Waals surface area contributed by atoms with Gasteiger partial charge in [0.25, 0.3) is 0 Å². The summed E-state index contributed by atoms with van der Waals surface area (Å²) >= 11 is 0. The Morgan fingerprint density at radius 1 is 1.30 bits per heavy atom. The molecule has 0 aliphatic carbocycles. The summed E-state index contributed by atoms with van der Waals surface area (Å²) in [6.07, 6.45) is 2.51. The van der Waals surface area contributed by atoms with Crippen LogP contribution >= 0.6 is 0 Å². The second-order valence-electron chi connectivity index (χ2n) is 7.57. The number of rotatable bonds is 3. The van der Waals surface area contributed by atoms with E-state index in [1.54, 1.807) is 0 Å². The molecule has 112 valence electrons. The van der Waals surface area contributed by atoms with Gasteiger partial charge in [0.1, 0.15) is 5.82 Å². The molecule has 3 heteroatoms. The Bertz CT molecular complexity index is 472. The Labute approximate surface area is 123 Å². The monoisotopic (exact) mass is 275 g/mol. The minimum Gasteiger partial charge on any atom is -0.351 e. The van der Waals surface area contributed by atoms with E-state index in [4.69, 9.17) is 4.98 Å². The molecule has 1 aromatic rings. The van der Waals surface area contributed by atoms with E-state index in [1.807, 2.05) is 7.05 Å². The van der Waals surface area contributed by atoms with Crippen LogP contribution in [0.3, 0.4) is 0 Å². The lowest BCUT2D eigenvalue weighted by Crippen LogP contribution is -2.39. The van der Waals surface area contributed by atoms with Crippen LogP contribution in [-0.4, -0.2) is 24.1 Å². The van der Waals surface area contributed by atoms with Gasteiger partial charge in [0.2, 0.25) is 0 Å². The van der Waals surface area contributed by atoms with Crippen LogP contribution in [0.5, 0.6) is 0 Å². The molecule has 1 aromatic heterocycles. The fraction of sp³-hybridized carbons (Fsp3) is 0.706. The highest BCUT2D eigenvalue weighted by Crippen LogP contribution is 2.34. The lowest BCUT2D eigenvalue weighted by Gasteiger charge is -2.34. The van der Waals surface area contributed by atoms with Gasteiger partial charge in [0, 0.05) is 29.7 Å². The summed E-state index contributed by atoms with van der Waals surface area (Å²) in [4.78, 5) is 7.44. The largest absolute Gasteiger partial charge is 0.351 e. The summed E-state index contributed by atoms with van der Waals surface area (Å²) in [5, 5.41) is 3.25. The molecule has 0 aromatic carbocycles. The zero-order valence-corrected chi connectivity index (χ0v) is 13.9. The molecule has 0 spiro atoms. The molecule has 3 nitrogen and oxygen atoms in total. The molecule has 0 bridgehead atoms. The van der Waals surface area contributed by atoms with Gasteiger partial charge >= 0.3 is 0 Å². The van der Waals surface area contributed by atoms with Crippen molar-refractivity contribution < 1.29 is 0 Å². The fourth-order valence-corrected chi connectivity index (χ4v) is 2.93. The summed E-state index contributed by atoms with van der Waals surface area (Å²) in [5.74, 6) is 1.14. The van der Waals surface area contributed by atoms with Crippen molar-refractivity contribution in [1.29, 1.82) is 0 Å². The predicted molar refractivity (Wildman–Crippen MR) is 86.4 cm³/mol. The van der Waals surface area contributed by atoms with Crippen LogP contribution in [0.1, 0.15) is 58.7 Å². The summed E-state index contributed by atoms with van der Waals surface area (Å²) in [5.41, 5.74) is 2.82. The maximum Gasteiger partial charge on any atom is 0.129 e. The number of hydrogen-bond acceptors (Lipinski definition) is 3. The van der Waals surface area contributed by atoms with E-state index in [9.17, 15) is 0 Å². The molecular weight excluding hydrogens is 246 g/mol. The maximum atomic E-state index is 4.96. The van der Waals surface area contributed by atoms with Crippen molar-refractivity contribution in [2.24, 2.45) is 0 Å². The van der Waals surface area contributed by atoms with E-state index < -0.39 is 0 Å². The molecule has 1 aliphatic heterocycles. The second-order valence-corrected chi connectivity index (χ2v) is 7.57. The summed E-state index contributed by atoms with van der Waals surface area (Å²) in [6.45, 7) is 13.4. The average Bonchev–Trinajstić information content (AvgIpc) is 2.68. The van der Waals surface area contributed by atoms with E-state index in [-0.39, 0.29) is 11.0 Å². The highest BCUT2D eigenvalue weighted by molar-refractivity contribution is 5.47. The van der Waals surface area contributed by atoms with Crippen LogP contribution in [0.15, 0.2) is 12.1 Å². The minimum absolute atomic E-state index is 0.0857. The third-order valence-electron chi connectivity index (χ3n) is 4.20. The molecule has 0 amide bonds. The first kappa shape index (κ1) is 15.3. The molecule has 0 atom stereocenters. The Hall–Kier alpha value is -1.09. The van der Waals surface area contributed by atoms with Gasteiger partial charge in [-0.3, -0.25) is 0 Å². The molecular formula is C17H29N3. The van der Waals surface area contributed by atoms with E-state index in [0.29, 0.717) is 0 Å². The molecule has 0 radical (unpaired) electrons. The van der Waals surface area contributed by atoms with E-state index in [1.165, 1.54) is 24.1 Å². The van der Waals surface area contributed by atoms with Crippen molar-refractivity contribution in [3.8, 4) is 0 Å². The van der Waals surface area contributed by atoms with Crippen molar-refractivity contribution in [2.45, 2.75) is 65.0 Å². The standard InChI is InChI=1S/C17H29N3/c1-16(2,3)14-10-13(12-18-6)11-15(19-14)20-9-7-8-17(20,4)5/h10-11,18H,7-9,12H2,1-6H3. The molecule has 1 N–H and O–H groups in total. The highest BCUT2D eigenvalue weighted by Gasteiger charge is 2.33. The summed E-state index contributed by atoms with van der Waals surface area (Å²) < 4.78 is 0. The number of hydrogen-bond donors (Lipinski definition) is 1. The van der Waals surface area contributed by atoms with Crippen molar-refractivity contribution in [2.75, 3.05) is 18.5 Å². The summed E-state index contributed by atoms with van der Waals surface area (Å²) in [7, 11) is 2.00. The molecule has 1 fully saturated rings. The molecule has 0 saturated carbocycles. The Kier molecular flexibility index (Phi) is 4.10. The van der Waals surface area contributed by atoms with Gasteiger partial charge in [-0.25, -0.2) is 4.98 Å². The van der Waals surface area contributed by atoms with Crippen molar-refractivity contribution in [1.82, 2.24) is 10.3 Å². The lowest BCUT2D eigenvalue weighted by atomic mass is 9.90. The Morgan fingerprint density at radius 2 is 2.00 bits per heavy atom. The normalized spacial score (nSPS) is 18.6. The van der Waals surface area contributed by atoms with Gasteiger partial charge < -0.3 is 10.2 Å². The predicted octanol–water partition coefficient (Wildman–Crippen LogP) is 3.48. The van der Waals surface area contributed by atoms with E-state index >= 15 is 0 Å². The number of nitrogens with one attached hydrogen (secondary N) is 1. The molecule has 2 rings (SSSR count). The van der Waals surface area contributed by atoms with Crippen molar-refractivity contribution >= 4 is 5.82 Å². The van der Waals surface area contributed by atoms with Crippen LogP contribution in [-0.2, 0) is 12.0 Å². The van der Waals surface area contributed by atoms with E-state index in [2.05, 4.69) is 57.0 Å². The highest BCUT2D eigenvalue weighted by atomic mass is 15.3. The number of nitrogens with zero attached hydrogens (tertiary/aromatic N) is 2. The molecule has 1 saturated heterocycles. The zero-order chi connectivity index (χ0) is 15.0. The number of anilines is 1. The number of aromatic nitrogens is 1. The first-order valence-corrected chi connectivity index (χ1v) is 7.68. The Morgan fingerprint density at radius 3 is 2.50 bits per heavy atom. The third-order valence-corrected chi connectivity index (χ3v) is 4.20. The third kappa shape index (κ3) is 3.14. The van der Waals surface area contributed by atoms with Gasteiger partial charge in [0.05, 0.1) is 0 Å². The van der Waals surface area contributed by atoms with Gasteiger partial charge in [-0.05, 0) is 51.4 Å². The average molecular weight is 275 g/mol. The lowest BCUT2D eigenvalue weighted by molar-refractivity contribution is 0.509. The fourth-order valence-electron chi connectivity index (χ4n) is 2.93. The SMILES string of the molecule is CNCc1cc(N2CCCC2(C)C)nc(C(C)(C)C)c1. The van der Waals surface area contributed by atoms with Gasteiger partial charge in [-0.2, -0.15) is 0 Å². The van der Waals surface area contributed by atoms with Crippen LogP contribution in [0.25, 0.3) is 0 Å². The topological polar surface area (TPSA) is 28.2 Å². The first-order chi connectivity index (χ1) is 9.24. The van der Waals surface area contributed by atoms with Crippen LogP contribution in [0.4, 0.5) is 5.82 Å². The van der Waals surface area contributed by atoms with E-state index in [0.717, 1.165) is 18.9 Å². The van der Waals surface area contributed by atoms with Crippen LogP contribution in [0.2, 0.25) is 0 Å². The first-order valence-electron chi connectivity index (χ1n) is 7.68. The summed E-state index contributed by atoms with van der Waals surface area (Å²) in [6, 6.07) is 4.49. The Balaban J connectivity index is 2.44. The molecule has 20 heavy (non-hydrogen) atoms. The van der Waals surface area contributed by atoms with Gasteiger partial charge in [-0.15, -0.1) is 0 Å². The van der Waals surface area contributed by atoms with Crippen LogP contribution in [0, 0.1) is 0 Å². The smallest absolute Gasteiger partial charge is 0.129 e. The molecule has 2 heterocycles. The number of pyridine rings is 1.